The molecule has 0 aliphatic carbocycles. The van der Waals surface area contributed by atoms with Crippen LogP contribution >= 0.6 is 15.9 Å². The van der Waals surface area contributed by atoms with E-state index in [1.165, 1.54) is 12.5 Å². The van der Waals surface area contributed by atoms with Crippen LogP contribution in [0.3, 0.4) is 0 Å². The van der Waals surface area contributed by atoms with Crippen molar-refractivity contribution in [3.63, 3.8) is 0 Å². The van der Waals surface area contributed by atoms with E-state index in [0.717, 1.165) is 15.2 Å². The van der Waals surface area contributed by atoms with E-state index in [1.54, 1.807) is 17.7 Å². The first-order valence-electron chi connectivity index (χ1n) is 6.15. The van der Waals surface area contributed by atoms with Gasteiger partial charge in [-0.25, -0.2) is 4.98 Å². The monoisotopic (exact) mass is 365 g/mol. The smallest absolute Gasteiger partial charge is 0.280 e. The highest BCUT2D eigenvalue weighted by Gasteiger charge is 2.18. The number of hydrogen-bond acceptors (Lipinski definition) is 3. The van der Waals surface area contributed by atoms with Gasteiger partial charge in [0.15, 0.2) is 5.03 Å². The maximum Gasteiger partial charge on any atom is 0.280 e. The quantitative estimate of drug-likeness (QED) is 0.775. The van der Waals surface area contributed by atoms with E-state index in [4.69, 9.17) is 0 Å². The Kier molecular flexibility index (Phi) is 3.46. The molecule has 3 aromatic rings. The number of halogens is 1. The highest BCUT2D eigenvalue weighted by Crippen LogP contribution is 2.31. The standard InChI is InChI=1S/C14H12BrN3O2S/c1-18-8-14(16-9-18)21(19,20)17-13-7-6-12(15)10-4-2-3-5-11(10)13/h2-9,17H,1H3. The van der Waals surface area contributed by atoms with Gasteiger partial charge in [-0.05, 0) is 17.5 Å². The molecular weight excluding hydrogens is 354 g/mol. The molecule has 0 amide bonds. The molecule has 108 valence electrons. The Labute approximate surface area is 130 Å². The lowest BCUT2D eigenvalue weighted by Gasteiger charge is -2.10. The SMILES string of the molecule is Cn1cnc(S(=O)(=O)Nc2ccc(Br)c3ccccc23)c1. The number of aryl methyl sites for hydroxylation is 1. The van der Waals surface area contributed by atoms with Crippen molar-refractivity contribution in [3.05, 3.63) is 53.4 Å². The summed E-state index contributed by atoms with van der Waals surface area (Å²) >= 11 is 3.47. The van der Waals surface area contributed by atoms with Gasteiger partial charge in [-0.3, -0.25) is 4.72 Å². The number of nitrogens with zero attached hydrogens (tertiary/aromatic N) is 2. The third-order valence-electron chi connectivity index (χ3n) is 3.07. The molecule has 3 rings (SSSR count). The maximum atomic E-state index is 12.3. The molecule has 7 heteroatoms. The van der Waals surface area contributed by atoms with Gasteiger partial charge in [-0.1, -0.05) is 40.2 Å². The van der Waals surface area contributed by atoms with Crippen LogP contribution in [0.5, 0.6) is 0 Å². The summed E-state index contributed by atoms with van der Waals surface area (Å²) in [6.07, 6.45) is 2.91. The molecule has 0 atom stereocenters. The molecular formula is C14H12BrN3O2S. The maximum absolute atomic E-state index is 12.3. The van der Waals surface area contributed by atoms with E-state index in [-0.39, 0.29) is 5.03 Å². The fourth-order valence-corrected chi connectivity index (χ4v) is 3.62. The summed E-state index contributed by atoms with van der Waals surface area (Å²) in [4.78, 5) is 3.88. The van der Waals surface area contributed by atoms with Gasteiger partial charge in [0.2, 0.25) is 0 Å². The first-order chi connectivity index (χ1) is 9.97. The zero-order valence-electron chi connectivity index (χ0n) is 11.1. The van der Waals surface area contributed by atoms with Crippen LogP contribution in [-0.2, 0) is 17.1 Å². The van der Waals surface area contributed by atoms with Gasteiger partial charge in [0, 0.05) is 23.1 Å². The van der Waals surface area contributed by atoms with Gasteiger partial charge >= 0.3 is 0 Å². The molecule has 2 aromatic carbocycles. The topological polar surface area (TPSA) is 64.0 Å². The van der Waals surface area contributed by atoms with Crippen LogP contribution in [0.25, 0.3) is 10.8 Å². The molecule has 0 aliphatic heterocycles. The predicted molar refractivity (Wildman–Crippen MR) is 85.7 cm³/mol. The molecule has 0 aliphatic rings. The molecule has 0 radical (unpaired) electrons. The zero-order chi connectivity index (χ0) is 15.0. The van der Waals surface area contributed by atoms with Gasteiger partial charge in [0.1, 0.15) is 0 Å². The number of imidazole rings is 1. The fourth-order valence-electron chi connectivity index (χ4n) is 2.08. The Morgan fingerprint density at radius 1 is 1.14 bits per heavy atom. The molecule has 0 unspecified atom stereocenters. The molecule has 0 saturated carbocycles. The van der Waals surface area contributed by atoms with Crippen molar-refractivity contribution in [2.45, 2.75) is 5.03 Å². The number of hydrogen-bond donors (Lipinski definition) is 1. The van der Waals surface area contributed by atoms with E-state index in [9.17, 15) is 8.42 Å². The van der Waals surface area contributed by atoms with Crippen molar-refractivity contribution >= 4 is 42.4 Å². The first-order valence-corrected chi connectivity index (χ1v) is 8.43. The van der Waals surface area contributed by atoms with E-state index >= 15 is 0 Å². The van der Waals surface area contributed by atoms with Gasteiger partial charge in [0.25, 0.3) is 10.0 Å². The van der Waals surface area contributed by atoms with Gasteiger partial charge < -0.3 is 4.57 Å². The molecule has 0 spiro atoms. The fraction of sp³-hybridized carbons (Fsp3) is 0.0714. The molecule has 0 saturated heterocycles. The van der Waals surface area contributed by atoms with Crippen molar-refractivity contribution in [2.24, 2.45) is 7.05 Å². The average molecular weight is 366 g/mol. The molecule has 1 aromatic heterocycles. The van der Waals surface area contributed by atoms with Crippen LogP contribution in [0.1, 0.15) is 0 Å². The molecule has 1 N–H and O–H groups in total. The highest BCUT2D eigenvalue weighted by atomic mass is 79.9. The van der Waals surface area contributed by atoms with Crippen LogP contribution in [0.2, 0.25) is 0 Å². The Hall–Kier alpha value is -1.86. The van der Waals surface area contributed by atoms with Crippen molar-refractivity contribution in [2.75, 3.05) is 4.72 Å². The normalized spacial score (nSPS) is 11.7. The largest absolute Gasteiger partial charge is 0.339 e. The Morgan fingerprint density at radius 3 is 2.52 bits per heavy atom. The van der Waals surface area contributed by atoms with Crippen LogP contribution < -0.4 is 4.72 Å². The lowest BCUT2D eigenvalue weighted by atomic mass is 10.1. The van der Waals surface area contributed by atoms with Crippen LogP contribution in [0.15, 0.2) is 58.4 Å². The Balaban J connectivity index is 2.08. The van der Waals surface area contributed by atoms with E-state index < -0.39 is 10.0 Å². The summed E-state index contributed by atoms with van der Waals surface area (Å²) in [6, 6.07) is 11.1. The van der Waals surface area contributed by atoms with Gasteiger partial charge in [0.05, 0.1) is 12.0 Å². The minimum Gasteiger partial charge on any atom is -0.339 e. The Morgan fingerprint density at radius 2 is 1.86 bits per heavy atom. The number of anilines is 1. The summed E-state index contributed by atoms with van der Waals surface area (Å²) in [5.41, 5.74) is 0.527. The second-order valence-electron chi connectivity index (χ2n) is 4.62. The lowest BCUT2D eigenvalue weighted by molar-refractivity contribution is 0.598. The molecule has 21 heavy (non-hydrogen) atoms. The number of sulfonamides is 1. The van der Waals surface area contributed by atoms with Crippen molar-refractivity contribution < 1.29 is 8.42 Å². The Bertz CT molecular complexity index is 919. The summed E-state index contributed by atoms with van der Waals surface area (Å²) in [6.45, 7) is 0. The second kappa shape index (κ2) is 5.16. The third kappa shape index (κ3) is 2.66. The molecule has 0 bridgehead atoms. The first kappa shape index (κ1) is 14.1. The van der Waals surface area contributed by atoms with E-state index in [2.05, 4.69) is 25.6 Å². The number of rotatable bonds is 3. The minimum atomic E-state index is -3.69. The lowest BCUT2D eigenvalue weighted by Crippen LogP contribution is -2.13. The van der Waals surface area contributed by atoms with Crippen molar-refractivity contribution in [1.82, 2.24) is 9.55 Å². The summed E-state index contributed by atoms with van der Waals surface area (Å²) < 4.78 is 29.8. The third-order valence-corrected chi connectivity index (χ3v) is 5.01. The van der Waals surface area contributed by atoms with Crippen molar-refractivity contribution in [1.29, 1.82) is 0 Å². The second-order valence-corrected chi connectivity index (χ2v) is 7.11. The molecule has 1 heterocycles. The number of nitrogens with one attached hydrogen (secondary N) is 1. The summed E-state index contributed by atoms with van der Waals surface area (Å²) in [7, 11) is -1.97. The molecule has 0 fully saturated rings. The number of benzene rings is 2. The summed E-state index contributed by atoms with van der Waals surface area (Å²) in [5, 5.41) is 1.77. The van der Waals surface area contributed by atoms with Crippen molar-refractivity contribution in [3.8, 4) is 0 Å². The predicted octanol–water partition coefficient (Wildman–Crippen LogP) is 3.14. The van der Waals surface area contributed by atoms with E-state index in [0.29, 0.717) is 5.69 Å². The summed E-state index contributed by atoms with van der Waals surface area (Å²) in [5.74, 6) is 0. The van der Waals surface area contributed by atoms with Crippen LogP contribution in [-0.4, -0.2) is 18.0 Å². The van der Waals surface area contributed by atoms with Gasteiger partial charge in [-0.2, -0.15) is 8.42 Å². The minimum absolute atomic E-state index is 0.00278. The number of aromatic nitrogens is 2. The average Bonchev–Trinajstić information content (AvgIpc) is 2.90. The van der Waals surface area contributed by atoms with Crippen LogP contribution in [0, 0.1) is 0 Å². The highest BCUT2D eigenvalue weighted by molar-refractivity contribution is 9.10. The van der Waals surface area contributed by atoms with E-state index in [1.807, 2.05) is 30.3 Å². The van der Waals surface area contributed by atoms with Gasteiger partial charge in [-0.15, -0.1) is 0 Å². The van der Waals surface area contributed by atoms with Crippen LogP contribution in [0.4, 0.5) is 5.69 Å². The number of fused-ring (bicyclic) bond motifs is 1. The molecule has 5 nitrogen and oxygen atoms in total. The zero-order valence-corrected chi connectivity index (χ0v) is 13.5.